The summed E-state index contributed by atoms with van der Waals surface area (Å²) in [7, 11) is 1.28. The van der Waals surface area contributed by atoms with E-state index < -0.39 is 6.16 Å². The average Bonchev–Trinajstić information content (AvgIpc) is 1.98. The molecular formula is C6H11ClO3. The Labute approximate surface area is 65.3 Å². The van der Waals surface area contributed by atoms with Gasteiger partial charge < -0.3 is 9.47 Å². The highest BCUT2D eigenvalue weighted by atomic mass is 35.5. The molecule has 0 fully saturated rings. The number of rotatable bonds is 4. The van der Waals surface area contributed by atoms with Crippen LogP contribution in [0.5, 0.6) is 0 Å². The molecule has 0 spiro atoms. The first-order valence-corrected chi connectivity index (χ1v) is 3.61. The molecule has 0 aromatic carbocycles. The van der Waals surface area contributed by atoms with Gasteiger partial charge in [0.25, 0.3) is 0 Å². The predicted molar refractivity (Wildman–Crippen MR) is 38.3 cm³/mol. The van der Waals surface area contributed by atoms with Crippen LogP contribution in [-0.4, -0.2) is 25.8 Å². The van der Waals surface area contributed by atoms with E-state index in [1.807, 2.05) is 0 Å². The van der Waals surface area contributed by atoms with Crippen LogP contribution < -0.4 is 0 Å². The van der Waals surface area contributed by atoms with E-state index in [0.29, 0.717) is 12.5 Å². The molecule has 3 nitrogen and oxygen atoms in total. The predicted octanol–water partition coefficient (Wildman–Crippen LogP) is 1.79. The van der Waals surface area contributed by atoms with E-state index in [2.05, 4.69) is 9.47 Å². The molecule has 0 bridgehead atoms. The standard InChI is InChI=1S/C6H11ClO3/c1-9-6(8)10-5-3-2-4-7/h2-5H2,1H3. The number of unbranched alkanes of at least 4 members (excludes halogenated alkanes) is 1. The van der Waals surface area contributed by atoms with Crippen molar-refractivity contribution in [1.29, 1.82) is 0 Å². The number of carbonyl (C=O) groups is 1. The van der Waals surface area contributed by atoms with Gasteiger partial charge in [0.1, 0.15) is 0 Å². The van der Waals surface area contributed by atoms with Crippen molar-refractivity contribution in [2.45, 2.75) is 12.8 Å². The zero-order valence-electron chi connectivity index (χ0n) is 5.93. The van der Waals surface area contributed by atoms with E-state index in [4.69, 9.17) is 11.6 Å². The number of methoxy groups -OCH3 is 1. The third-order valence-electron chi connectivity index (χ3n) is 0.915. The Kier molecular flexibility index (Phi) is 6.38. The third kappa shape index (κ3) is 5.69. The van der Waals surface area contributed by atoms with Crippen LogP contribution in [0, 0.1) is 0 Å². The van der Waals surface area contributed by atoms with Crippen molar-refractivity contribution in [3.63, 3.8) is 0 Å². The highest BCUT2D eigenvalue weighted by Crippen LogP contribution is 1.93. The zero-order chi connectivity index (χ0) is 7.82. The Balaban J connectivity index is 2.96. The molecular weight excluding hydrogens is 156 g/mol. The van der Waals surface area contributed by atoms with Crippen molar-refractivity contribution < 1.29 is 14.3 Å². The summed E-state index contributed by atoms with van der Waals surface area (Å²) in [4.78, 5) is 10.3. The largest absolute Gasteiger partial charge is 0.507 e. The van der Waals surface area contributed by atoms with Crippen LogP contribution >= 0.6 is 11.6 Å². The summed E-state index contributed by atoms with van der Waals surface area (Å²) in [6.07, 6.45) is 1.02. The van der Waals surface area contributed by atoms with Gasteiger partial charge in [-0.15, -0.1) is 11.6 Å². The lowest BCUT2D eigenvalue weighted by molar-refractivity contribution is 0.0718. The van der Waals surface area contributed by atoms with Gasteiger partial charge in [-0.1, -0.05) is 0 Å². The molecule has 0 radical (unpaired) electrons. The van der Waals surface area contributed by atoms with Crippen molar-refractivity contribution >= 4 is 17.8 Å². The van der Waals surface area contributed by atoms with Crippen molar-refractivity contribution in [1.82, 2.24) is 0 Å². The van der Waals surface area contributed by atoms with Gasteiger partial charge in [0.05, 0.1) is 13.7 Å². The minimum Gasteiger partial charge on any atom is -0.438 e. The number of hydrogen-bond donors (Lipinski definition) is 0. The average molecular weight is 167 g/mol. The molecule has 0 rings (SSSR count). The second-order valence-corrected chi connectivity index (χ2v) is 2.08. The fourth-order valence-electron chi connectivity index (χ4n) is 0.411. The van der Waals surface area contributed by atoms with E-state index in [-0.39, 0.29) is 0 Å². The maximum absolute atomic E-state index is 10.3. The summed E-state index contributed by atoms with van der Waals surface area (Å²) in [5.41, 5.74) is 0. The lowest BCUT2D eigenvalue weighted by Crippen LogP contribution is -2.05. The van der Waals surface area contributed by atoms with Crippen molar-refractivity contribution in [2.75, 3.05) is 19.6 Å². The summed E-state index contributed by atoms with van der Waals surface area (Å²) in [6.45, 7) is 0.388. The number of ether oxygens (including phenoxy) is 2. The van der Waals surface area contributed by atoms with Gasteiger partial charge in [-0.25, -0.2) is 4.79 Å². The Morgan fingerprint density at radius 3 is 2.70 bits per heavy atom. The normalized spacial score (nSPS) is 9.00. The van der Waals surface area contributed by atoms with Crippen LogP contribution in [-0.2, 0) is 9.47 Å². The van der Waals surface area contributed by atoms with Crippen LogP contribution in [0.3, 0.4) is 0 Å². The molecule has 0 saturated carbocycles. The smallest absolute Gasteiger partial charge is 0.438 e. The van der Waals surface area contributed by atoms with Gasteiger partial charge in [0, 0.05) is 5.88 Å². The summed E-state index contributed by atoms with van der Waals surface area (Å²) < 4.78 is 8.81. The molecule has 0 aliphatic carbocycles. The van der Waals surface area contributed by atoms with E-state index in [0.717, 1.165) is 12.8 Å². The van der Waals surface area contributed by atoms with Gasteiger partial charge in [-0.2, -0.15) is 0 Å². The molecule has 0 unspecified atom stereocenters. The maximum Gasteiger partial charge on any atom is 0.507 e. The monoisotopic (exact) mass is 166 g/mol. The quantitative estimate of drug-likeness (QED) is 0.363. The van der Waals surface area contributed by atoms with Crippen molar-refractivity contribution in [3.8, 4) is 0 Å². The number of alkyl halides is 1. The van der Waals surface area contributed by atoms with Gasteiger partial charge in [-0.05, 0) is 12.8 Å². The summed E-state index contributed by atoms with van der Waals surface area (Å²) in [5.74, 6) is 0.602. The van der Waals surface area contributed by atoms with Crippen molar-refractivity contribution in [2.24, 2.45) is 0 Å². The minimum atomic E-state index is -0.630. The van der Waals surface area contributed by atoms with Gasteiger partial charge in [0.2, 0.25) is 0 Å². The fourth-order valence-corrected chi connectivity index (χ4v) is 0.600. The molecule has 60 valence electrons. The van der Waals surface area contributed by atoms with E-state index in [9.17, 15) is 4.79 Å². The number of hydrogen-bond acceptors (Lipinski definition) is 3. The molecule has 0 saturated heterocycles. The summed E-state index contributed by atoms with van der Waals surface area (Å²) in [5, 5.41) is 0. The molecule has 0 atom stereocenters. The van der Waals surface area contributed by atoms with Crippen LogP contribution in [0.2, 0.25) is 0 Å². The van der Waals surface area contributed by atoms with Crippen LogP contribution in [0.1, 0.15) is 12.8 Å². The van der Waals surface area contributed by atoms with Gasteiger partial charge >= 0.3 is 6.16 Å². The van der Waals surface area contributed by atoms with Gasteiger partial charge in [0.15, 0.2) is 0 Å². The molecule has 0 aromatic heterocycles. The molecule has 0 N–H and O–H groups in total. The van der Waals surface area contributed by atoms with Crippen LogP contribution in [0.4, 0.5) is 4.79 Å². The minimum absolute atomic E-state index is 0.388. The zero-order valence-corrected chi connectivity index (χ0v) is 6.69. The molecule has 4 heteroatoms. The maximum atomic E-state index is 10.3. The first-order valence-electron chi connectivity index (χ1n) is 3.08. The number of halogens is 1. The summed E-state index contributed by atoms with van der Waals surface area (Å²) >= 11 is 5.38. The Morgan fingerprint density at radius 1 is 1.50 bits per heavy atom. The fraction of sp³-hybridized carbons (Fsp3) is 0.833. The van der Waals surface area contributed by atoms with Crippen LogP contribution in [0.25, 0.3) is 0 Å². The topological polar surface area (TPSA) is 35.5 Å². The molecule has 0 aromatic rings. The Hall–Kier alpha value is -0.440. The molecule has 10 heavy (non-hydrogen) atoms. The summed E-state index contributed by atoms with van der Waals surface area (Å²) in [6, 6.07) is 0. The second kappa shape index (κ2) is 6.68. The lowest BCUT2D eigenvalue weighted by atomic mass is 10.4. The Morgan fingerprint density at radius 2 is 2.20 bits per heavy atom. The molecule has 0 heterocycles. The molecule has 0 aliphatic heterocycles. The third-order valence-corrected chi connectivity index (χ3v) is 1.18. The Bertz CT molecular complexity index is 95.0. The SMILES string of the molecule is COC(=O)OCCCCCl. The first kappa shape index (κ1) is 9.56. The second-order valence-electron chi connectivity index (χ2n) is 1.70. The lowest BCUT2D eigenvalue weighted by Gasteiger charge is -2.00. The first-order chi connectivity index (χ1) is 4.81. The van der Waals surface area contributed by atoms with E-state index >= 15 is 0 Å². The number of carbonyl (C=O) groups excluding carboxylic acids is 1. The van der Waals surface area contributed by atoms with E-state index in [1.54, 1.807) is 0 Å². The molecule has 0 aliphatic rings. The molecule has 0 amide bonds. The van der Waals surface area contributed by atoms with Crippen LogP contribution in [0.15, 0.2) is 0 Å². The van der Waals surface area contributed by atoms with Crippen molar-refractivity contribution in [3.05, 3.63) is 0 Å². The van der Waals surface area contributed by atoms with Gasteiger partial charge in [-0.3, -0.25) is 0 Å². The van der Waals surface area contributed by atoms with E-state index in [1.165, 1.54) is 7.11 Å². The highest BCUT2D eigenvalue weighted by Gasteiger charge is 1.97. The highest BCUT2D eigenvalue weighted by molar-refractivity contribution is 6.17.